The molecule has 4 aromatic rings. The van der Waals surface area contributed by atoms with Gasteiger partial charge in [-0.05, 0) is 25.1 Å². The van der Waals surface area contributed by atoms with Gasteiger partial charge in [0, 0.05) is 18.3 Å². The summed E-state index contributed by atoms with van der Waals surface area (Å²) in [6.07, 6.45) is 0. The van der Waals surface area contributed by atoms with Gasteiger partial charge in [0.15, 0.2) is 11.6 Å². The van der Waals surface area contributed by atoms with Crippen molar-refractivity contribution in [2.24, 2.45) is 7.05 Å². The summed E-state index contributed by atoms with van der Waals surface area (Å²) >= 11 is 0. The van der Waals surface area contributed by atoms with Gasteiger partial charge in [-0.2, -0.15) is 5.10 Å². The second kappa shape index (κ2) is 5.98. The maximum atomic E-state index is 13.5. The minimum Gasteiger partial charge on any atom is -0.338 e. The van der Waals surface area contributed by atoms with Crippen molar-refractivity contribution < 1.29 is 4.39 Å². The van der Waals surface area contributed by atoms with Gasteiger partial charge in [-0.25, -0.2) is 14.4 Å². The number of nitrogens with zero attached hydrogens (tertiary/aromatic N) is 4. The fourth-order valence-corrected chi connectivity index (χ4v) is 2.84. The Morgan fingerprint density at radius 1 is 1.00 bits per heavy atom. The molecule has 0 atom stereocenters. The van der Waals surface area contributed by atoms with Crippen LogP contribution in [-0.2, 0) is 7.05 Å². The highest BCUT2D eigenvalue weighted by Gasteiger charge is 2.16. The fourth-order valence-electron chi connectivity index (χ4n) is 2.84. The summed E-state index contributed by atoms with van der Waals surface area (Å²) in [5.74, 6) is 0.889. The monoisotopic (exact) mass is 333 g/mol. The molecule has 6 heteroatoms. The first-order valence-electron chi connectivity index (χ1n) is 7.91. The molecule has 0 saturated carbocycles. The van der Waals surface area contributed by atoms with E-state index >= 15 is 0 Å². The van der Waals surface area contributed by atoms with E-state index in [1.54, 1.807) is 16.8 Å². The van der Waals surface area contributed by atoms with Crippen molar-refractivity contribution in [3.05, 3.63) is 66.1 Å². The van der Waals surface area contributed by atoms with E-state index in [1.807, 2.05) is 44.3 Å². The molecule has 0 aliphatic rings. The molecule has 0 aliphatic heterocycles. The zero-order chi connectivity index (χ0) is 17.4. The van der Waals surface area contributed by atoms with E-state index in [2.05, 4.69) is 20.4 Å². The summed E-state index contributed by atoms with van der Waals surface area (Å²) < 4.78 is 15.3. The Labute approximate surface area is 144 Å². The Hall–Kier alpha value is -3.28. The second-order valence-electron chi connectivity index (χ2n) is 5.80. The fraction of sp³-hybridized carbons (Fsp3) is 0.105. The number of halogens is 1. The van der Waals surface area contributed by atoms with Gasteiger partial charge in [0.25, 0.3) is 0 Å². The van der Waals surface area contributed by atoms with Gasteiger partial charge in [-0.1, -0.05) is 36.4 Å². The first kappa shape index (κ1) is 15.3. The Morgan fingerprint density at radius 3 is 2.56 bits per heavy atom. The van der Waals surface area contributed by atoms with E-state index in [0.717, 1.165) is 22.3 Å². The number of hydrogen-bond acceptors (Lipinski definition) is 4. The average Bonchev–Trinajstić information content (AvgIpc) is 2.90. The average molecular weight is 333 g/mol. The Morgan fingerprint density at radius 2 is 1.80 bits per heavy atom. The molecule has 0 fully saturated rings. The second-order valence-corrected chi connectivity index (χ2v) is 5.80. The van der Waals surface area contributed by atoms with Crippen molar-refractivity contribution in [2.45, 2.75) is 6.92 Å². The highest BCUT2D eigenvalue weighted by Crippen LogP contribution is 2.28. The highest BCUT2D eigenvalue weighted by atomic mass is 19.1. The number of anilines is 2. The summed E-state index contributed by atoms with van der Waals surface area (Å²) in [4.78, 5) is 9.34. The lowest BCUT2D eigenvalue weighted by molar-refractivity contribution is 0.628. The van der Waals surface area contributed by atoms with Crippen LogP contribution in [0.5, 0.6) is 0 Å². The molecule has 0 unspecified atom stereocenters. The molecule has 0 saturated heterocycles. The van der Waals surface area contributed by atoms with Crippen LogP contribution in [0, 0.1) is 12.7 Å². The number of benzene rings is 2. The lowest BCUT2D eigenvalue weighted by Gasteiger charge is -2.10. The third-order valence-corrected chi connectivity index (χ3v) is 3.97. The molecule has 2 aromatic heterocycles. The van der Waals surface area contributed by atoms with Crippen molar-refractivity contribution in [2.75, 3.05) is 5.32 Å². The van der Waals surface area contributed by atoms with Crippen molar-refractivity contribution in [1.82, 2.24) is 19.7 Å². The molecular formula is C19H16FN5. The third kappa shape index (κ3) is 2.82. The molecule has 25 heavy (non-hydrogen) atoms. The summed E-state index contributed by atoms with van der Waals surface area (Å²) in [6, 6.07) is 16.0. The molecule has 0 spiro atoms. The predicted octanol–water partition coefficient (Wildman–Crippen LogP) is 4.22. The molecule has 4 rings (SSSR count). The smallest absolute Gasteiger partial charge is 0.162 e. The summed E-state index contributed by atoms with van der Waals surface area (Å²) in [5.41, 5.74) is 3.91. The number of rotatable bonds is 3. The van der Waals surface area contributed by atoms with Crippen molar-refractivity contribution in [1.29, 1.82) is 0 Å². The summed E-state index contributed by atoms with van der Waals surface area (Å²) in [6.45, 7) is 1.91. The summed E-state index contributed by atoms with van der Waals surface area (Å²) in [7, 11) is 1.84. The minimum absolute atomic E-state index is 0.306. The minimum atomic E-state index is -0.306. The quantitative estimate of drug-likeness (QED) is 0.610. The maximum absolute atomic E-state index is 13.5. The highest BCUT2D eigenvalue weighted by molar-refractivity contribution is 5.90. The normalized spacial score (nSPS) is 11.0. The summed E-state index contributed by atoms with van der Waals surface area (Å²) in [5, 5.41) is 7.65. The standard InChI is InChI=1S/C19H16FN5/c1-12-16-17(25(2)24-12)19(21-15-10-6-9-14(20)11-15)23-18(22-16)13-7-4-3-5-8-13/h3-11H,1-2H3,(H,21,22,23). The Balaban J connectivity index is 1.91. The van der Waals surface area contributed by atoms with E-state index in [9.17, 15) is 4.39 Å². The lowest BCUT2D eigenvalue weighted by atomic mass is 10.2. The number of hydrogen-bond donors (Lipinski definition) is 1. The van der Waals surface area contributed by atoms with Crippen molar-refractivity contribution in [3.63, 3.8) is 0 Å². The first-order chi connectivity index (χ1) is 12.1. The molecule has 124 valence electrons. The van der Waals surface area contributed by atoms with E-state index < -0.39 is 0 Å². The van der Waals surface area contributed by atoms with Crippen LogP contribution in [0.3, 0.4) is 0 Å². The number of fused-ring (bicyclic) bond motifs is 1. The molecule has 0 bridgehead atoms. The van der Waals surface area contributed by atoms with Crippen LogP contribution < -0.4 is 5.32 Å². The van der Waals surface area contributed by atoms with E-state index in [0.29, 0.717) is 17.3 Å². The predicted molar refractivity (Wildman–Crippen MR) is 96.2 cm³/mol. The van der Waals surface area contributed by atoms with Crippen LogP contribution in [0.1, 0.15) is 5.69 Å². The van der Waals surface area contributed by atoms with Gasteiger partial charge in [-0.3, -0.25) is 4.68 Å². The number of nitrogens with one attached hydrogen (secondary N) is 1. The van der Waals surface area contributed by atoms with E-state index in [-0.39, 0.29) is 5.82 Å². The van der Waals surface area contributed by atoms with Crippen LogP contribution in [-0.4, -0.2) is 19.7 Å². The van der Waals surface area contributed by atoms with Crippen LogP contribution in [0.4, 0.5) is 15.9 Å². The van der Waals surface area contributed by atoms with E-state index in [1.165, 1.54) is 12.1 Å². The van der Waals surface area contributed by atoms with Gasteiger partial charge < -0.3 is 5.32 Å². The van der Waals surface area contributed by atoms with Gasteiger partial charge in [-0.15, -0.1) is 0 Å². The maximum Gasteiger partial charge on any atom is 0.162 e. The van der Waals surface area contributed by atoms with Crippen LogP contribution in [0.2, 0.25) is 0 Å². The van der Waals surface area contributed by atoms with Gasteiger partial charge in [0.2, 0.25) is 0 Å². The third-order valence-electron chi connectivity index (χ3n) is 3.97. The number of aryl methyl sites for hydroxylation is 2. The molecule has 0 amide bonds. The Bertz CT molecular complexity index is 1060. The van der Waals surface area contributed by atoms with Gasteiger partial charge in [0.1, 0.15) is 16.9 Å². The molecule has 1 N–H and O–H groups in total. The van der Waals surface area contributed by atoms with E-state index in [4.69, 9.17) is 0 Å². The lowest BCUT2D eigenvalue weighted by Crippen LogP contribution is -2.02. The Kier molecular flexibility index (Phi) is 3.65. The van der Waals surface area contributed by atoms with Crippen LogP contribution in [0.25, 0.3) is 22.4 Å². The molecule has 2 heterocycles. The molecular weight excluding hydrogens is 317 g/mol. The molecule has 2 aromatic carbocycles. The topological polar surface area (TPSA) is 55.6 Å². The zero-order valence-electron chi connectivity index (χ0n) is 13.9. The van der Waals surface area contributed by atoms with Crippen molar-refractivity contribution >= 4 is 22.5 Å². The zero-order valence-corrected chi connectivity index (χ0v) is 13.9. The van der Waals surface area contributed by atoms with Crippen molar-refractivity contribution in [3.8, 4) is 11.4 Å². The van der Waals surface area contributed by atoms with Gasteiger partial charge >= 0.3 is 0 Å². The van der Waals surface area contributed by atoms with Crippen LogP contribution >= 0.6 is 0 Å². The molecule has 0 aliphatic carbocycles. The first-order valence-corrected chi connectivity index (χ1v) is 7.91. The van der Waals surface area contributed by atoms with Crippen LogP contribution in [0.15, 0.2) is 54.6 Å². The number of aromatic nitrogens is 4. The SMILES string of the molecule is Cc1nn(C)c2c(Nc3cccc(F)c3)nc(-c3ccccc3)nc12. The van der Waals surface area contributed by atoms with Gasteiger partial charge in [0.05, 0.1) is 5.69 Å². The molecule has 5 nitrogen and oxygen atoms in total. The molecule has 0 radical (unpaired) electrons. The largest absolute Gasteiger partial charge is 0.338 e.